The van der Waals surface area contributed by atoms with Crippen LogP contribution in [0.5, 0.6) is 0 Å². The van der Waals surface area contributed by atoms with Crippen LogP contribution in [0.3, 0.4) is 0 Å². The number of esters is 10. The molecule has 27 heteroatoms. The number of ether oxygens (including phenoxy) is 17. The Hall–Kier alpha value is -5.58. The van der Waals surface area contributed by atoms with Gasteiger partial charge in [-0.05, 0) is 13.8 Å². The van der Waals surface area contributed by atoms with Crippen LogP contribution in [-0.4, -0.2) is 184 Å². The molecule has 0 radical (unpaired) electrons. The summed E-state index contributed by atoms with van der Waals surface area (Å²) < 4.78 is 101. The normalized spacial score (nSPS) is 36.1. The molecule has 73 heavy (non-hydrogen) atoms. The Kier molecular flexibility index (Phi) is 21.8. The lowest BCUT2D eigenvalue weighted by Gasteiger charge is -2.51. The van der Waals surface area contributed by atoms with Crippen molar-refractivity contribution in [3.05, 3.63) is 0 Å². The fourth-order valence-corrected chi connectivity index (χ4v) is 8.66. The third-order valence-electron chi connectivity index (χ3n) is 11.6. The van der Waals surface area contributed by atoms with Gasteiger partial charge in [0.15, 0.2) is 61.6 Å². The summed E-state index contributed by atoms with van der Waals surface area (Å²) in [6.45, 7) is 15.7. The van der Waals surface area contributed by atoms with Crippen LogP contribution in [0.2, 0.25) is 0 Å². The van der Waals surface area contributed by atoms with Gasteiger partial charge in [-0.2, -0.15) is 0 Å². The third-order valence-corrected chi connectivity index (χ3v) is 11.6. The van der Waals surface area contributed by atoms with Crippen molar-refractivity contribution in [3.63, 3.8) is 0 Å². The van der Waals surface area contributed by atoms with Gasteiger partial charge in [-0.25, -0.2) is 0 Å². The molecule has 7 unspecified atom stereocenters. The Morgan fingerprint density at radius 2 is 0.658 bits per heavy atom. The predicted octanol–water partition coefficient (Wildman–Crippen LogP) is 0.565. The van der Waals surface area contributed by atoms with Gasteiger partial charge in [0.1, 0.15) is 31.5 Å². The summed E-state index contributed by atoms with van der Waals surface area (Å²) in [5.41, 5.74) is 0. The summed E-state index contributed by atoms with van der Waals surface area (Å²) in [6.07, 6.45) is -27.4. The zero-order valence-corrected chi connectivity index (χ0v) is 43.0. The maximum absolute atomic E-state index is 13.1. The molecule has 4 heterocycles. The van der Waals surface area contributed by atoms with E-state index in [9.17, 15) is 47.9 Å². The monoisotopic (exact) mass is 1050 g/mol. The number of hydrogen-bond donors (Lipinski definition) is 0. The Labute approximate surface area is 420 Å². The highest BCUT2D eigenvalue weighted by Gasteiger charge is 2.59. The van der Waals surface area contributed by atoms with E-state index in [0.29, 0.717) is 0 Å². The minimum atomic E-state index is -1.92. The first-order chi connectivity index (χ1) is 34.1. The van der Waals surface area contributed by atoms with E-state index in [2.05, 4.69) is 0 Å². The van der Waals surface area contributed by atoms with Crippen molar-refractivity contribution < 1.29 is 128 Å². The summed E-state index contributed by atoms with van der Waals surface area (Å²) in [6, 6.07) is 0. The van der Waals surface area contributed by atoms with Crippen molar-refractivity contribution in [1.82, 2.24) is 0 Å². The number of carbonyl (C=O) groups excluding carboxylic acids is 10. The minimum Gasteiger partial charge on any atom is -0.463 e. The van der Waals surface area contributed by atoms with E-state index in [1.165, 1.54) is 13.8 Å². The first-order valence-corrected chi connectivity index (χ1v) is 23.3. The minimum absolute atomic E-state index is 0.524. The second-order valence-corrected chi connectivity index (χ2v) is 17.8. The molecule has 4 saturated heterocycles. The summed E-state index contributed by atoms with van der Waals surface area (Å²) >= 11 is 0. The van der Waals surface area contributed by atoms with E-state index in [1.807, 2.05) is 0 Å². The van der Waals surface area contributed by atoms with Crippen molar-refractivity contribution in [2.45, 2.75) is 208 Å². The molecule has 0 amide bonds. The van der Waals surface area contributed by atoms with E-state index in [4.69, 9.17) is 80.5 Å². The lowest BCUT2D eigenvalue weighted by Crippen LogP contribution is -2.68. The molecule has 0 bridgehead atoms. The van der Waals surface area contributed by atoms with Crippen molar-refractivity contribution in [2.24, 2.45) is 11.8 Å². The average Bonchev–Trinajstić information content (AvgIpc) is 3.25. The Bertz CT molecular complexity index is 2010. The fourth-order valence-electron chi connectivity index (χ4n) is 8.66. The first-order valence-electron chi connectivity index (χ1n) is 23.3. The van der Waals surface area contributed by atoms with Crippen LogP contribution in [0.25, 0.3) is 0 Å². The van der Waals surface area contributed by atoms with Gasteiger partial charge in [-0.1, -0.05) is 13.8 Å². The van der Waals surface area contributed by atoms with Crippen molar-refractivity contribution in [2.75, 3.05) is 13.2 Å². The van der Waals surface area contributed by atoms with Gasteiger partial charge in [0.25, 0.3) is 0 Å². The molecule has 4 rings (SSSR count). The largest absolute Gasteiger partial charge is 0.463 e. The molecule has 4 fully saturated rings. The second-order valence-electron chi connectivity index (χ2n) is 17.8. The van der Waals surface area contributed by atoms with Crippen LogP contribution < -0.4 is 0 Å². The third kappa shape index (κ3) is 16.7. The van der Waals surface area contributed by atoms with Crippen LogP contribution in [0.1, 0.15) is 96.9 Å². The zero-order chi connectivity index (χ0) is 54.8. The lowest BCUT2D eigenvalue weighted by molar-refractivity contribution is -0.394. The Morgan fingerprint density at radius 1 is 0.288 bits per heavy atom. The van der Waals surface area contributed by atoms with E-state index < -0.39 is 195 Å². The summed E-state index contributed by atoms with van der Waals surface area (Å²) in [4.78, 5) is 125. The fraction of sp³-hybridized carbons (Fsp3) is 0.783. The molecular formula is C46H66O27. The van der Waals surface area contributed by atoms with E-state index in [1.54, 1.807) is 13.8 Å². The van der Waals surface area contributed by atoms with Gasteiger partial charge >= 0.3 is 59.7 Å². The maximum atomic E-state index is 13.1. The van der Waals surface area contributed by atoms with Gasteiger partial charge in [0, 0.05) is 81.1 Å². The highest BCUT2D eigenvalue weighted by atomic mass is 16.8. The van der Waals surface area contributed by atoms with Gasteiger partial charge in [-0.15, -0.1) is 0 Å². The summed E-state index contributed by atoms with van der Waals surface area (Å²) in [5, 5.41) is 0. The first kappa shape index (κ1) is 60.0. The molecule has 412 valence electrons. The highest BCUT2D eigenvalue weighted by Crippen LogP contribution is 2.41. The smallest absolute Gasteiger partial charge is 0.305 e. The van der Waals surface area contributed by atoms with Crippen LogP contribution in [-0.2, 0) is 128 Å². The maximum Gasteiger partial charge on any atom is 0.305 e. The molecule has 0 spiro atoms. The van der Waals surface area contributed by atoms with Gasteiger partial charge in [0.2, 0.25) is 12.4 Å². The lowest BCUT2D eigenvalue weighted by atomic mass is 9.88. The predicted molar refractivity (Wildman–Crippen MR) is 233 cm³/mol. The van der Waals surface area contributed by atoms with Gasteiger partial charge in [-0.3, -0.25) is 47.9 Å². The molecule has 0 aliphatic carbocycles. The van der Waals surface area contributed by atoms with Crippen LogP contribution in [0.4, 0.5) is 0 Å². The average molecular weight is 1050 g/mol. The van der Waals surface area contributed by atoms with Crippen LogP contribution >= 0.6 is 0 Å². The topological polar surface area (TPSA) is 328 Å². The standard InChI is InChI=1S/C46H66O27/c1-17-19(3)59-31(15-57-21(5)47)36(33(17)70-44-41(67-29(13)55)38(64-26(10)52)35(20(4)60-44)62-24(8)50)71-46-42(39(65-27(11)53)37(63-25(9)51)32(69-46)16-58-22(6)48)72-43-18(2)34(61-23(7)49)40(66-28(12)54)45(73-43)68-30(14)56/h17-20,31-46H,15-16H2,1-14H3/t17?,18?,19-,20?,31?,32?,33+,34+,35+,36+,37-,38?,39-,40+,41+,42+,43+,44-,45?,46-/m0/s1. The molecule has 4 aliphatic rings. The van der Waals surface area contributed by atoms with Crippen molar-refractivity contribution in [1.29, 1.82) is 0 Å². The second kappa shape index (κ2) is 26.6. The molecule has 0 N–H and O–H groups in total. The SMILES string of the molecule is CC(=O)OCC1O[C@@H](C)C(C)[C@@H](O[C@@H]2OC(C)[C@@H](OC(C)=O)C(OC(C)=O)[C@H]2OC(C)=O)[C@@H]1O[C@@H]1OC(COC(C)=O)[C@H](OC(C)=O)[C@H](OC(C)=O)[C@H]1O[C@@H]1OC(OC(C)=O)[C@H](OC(C)=O)[C@H](OC(C)=O)C1C. The molecule has 27 nitrogen and oxygen atoms in total. The molecule has 0 saturated carbocycles. The zero-order valence-electron chi connectivity index (χ0n) is 43.0. The number of carbonyl (C=O) groups is 10. The van der Waals surface area contributed by atoms with E-state index in [-0.39, 0.29) is 0 Å². The molecule has 0 aromatic heterocycles. The molecule has 0 aromatic rings. The van der Waals surface area contributed by atoms with Gasteiger partial charge < -0.3 is 80.5 Å². The molecule has 0 aromatic carbocycles. The van der Waals surface area contributed by atoms with Crippen LogP contribution in [0.15, 0.2) is 0 Å². The Balaban J connectivity index is 1.96. The van der Waals surface area contributed by atoms with Gasteiger partial charge in [0.05, 0.1) is 18.3 Å². The van der Waals surface area contributed by atoms with E-state index in [0.717, 1.165) is 69.2 Å². The highest BCUT2D eigenvalue weighted by molar-refractivity contribution is 5.70. The number of hydrogen-bond acceptors (Lipinski definition) is 27. The summed E-state index contributed by atoms with van der Waals surface area (Å²) in [7, 11) is 0. The quantitative estimate of drug-likeness (QED) is 0.134. The van der Waals surface area contributed by atoms with E-state index >= 15 is 0 Å². The molecule has 20 atom stereocenters. The Morgan fingerprint density at radius 3 is 1.14 bits per heavy atom. The molecule has 4 aliphatic heterocycles. The summed E-state index contributed by atoms with van der Waals surface area (Å²) in [5.74, 6) is -10.6. The molecular weight excluding hydrogens is 984 g/mol. The van der Waals surface area contributed by atoms with Crippen molar-refractivity contribution in [3.8, 4) is 0 Å². The van der Waals surface area contributed by atoms with Crippen molar-refractivity contribution >= 4 is 59.7 Å². The number of rotatable bonds is 18. The van der Waals surface area contributed by atoms with Crippen LogP contribution in [0, 0.1) is 11.8 Å².